The molecule has 208 valence electrons. The molecule has 0 unspecified atom stereocenters. The van der Waals surface area contributed by atoms with E-state index in [-0.39, 0.29) is 11.6 Å². The number of anilines is 1. The Morgan fingerprint density at radius 2 is 1.78 bits per heavy atom. The Labute approximate surface area is 225 Å². The zero-order valence-electron chi connectivity index (χ0n) is 24.5. The number of rotatable bonds is 7. The van der Waals surface area contributed by atoms with Crippen LogP contribution in [0.25, 0.3) is 6.08 Å². The van der Waals surface area contributed by atoms with Crippen molar-refractivity contribution in [3.05, 3.63) is 58.6 Å². The third kappa shape index (κ3) is 13.9. The van der Waals surface area contributed by atoms with Crippen LogP contribution in [0.1, 0.15) is 90.2 Å². The number of pyridine rings is 2. The number of piperazine rings is 1. The van der Waals surface area contributed by atoms with Crippen molar-refractivity contribution < 1.29 is 9.18 Å². The molecular formula is C30H50FN5O. The summed E-state index contributed by atoms with van der Waals surface area (Å²) >= 11 is 0. The SMILES string of the molecule is CC.CCCC(C)=O.CCCc1c(N2CCNCC2)ccnc1C.CCc1cc(/C=C(/C)N)ncc1F. The first-order valence-corrected chi connectivity index (χ1v) is 13.7. The molecule has 3 heterocycles. The quantitative estimate of drug-likeness (QED) is 0.453. The van der Waals surface area contributed by atoms with Crippen molar-refractivity contribution in [2.45, 2.75) is 87.5 Å². The molecule has 0 radical (unpaired) electrons. The van der Waals surface area contributed by atoms with Gasteiger partial charge in [0.2, 0.25) is 0 Å². The fourth-order valence-electron chi connectivity index (χ4n) is 3.78. The van der Waals surface area contributed by atoms with Gasteiger partial charge in [0.1, 0.15) is 11.6 Å². The molecule has 1 fully saturated rings. The Hall–Kier alpha value is -2.80. The third-order valence-corrected chi connectivity index (χ3v) is 5.52. The second-order valence-corrected chi connectivity index (χ2v) is 8.78. The zero-order valence-corrected chi connectivity index (χ0v) is 24.5. The maximum Gasteiger partial charge on any atom is 0.144 e. The van der Waals surface area contributed by atoms with Crippen molar-refractivity contribution in [2.75, 3.05) is 31.1 Å². The van der Waals surface area contributed by atoms with E-state index in [1.165, 1.54) is 29.6 Å². The summed E-state index contributed by atoms with van der Waals surface area (Å²) in [4.78, 5) is 20.8. The van der Waals surface area contributed by atoms with Gasteiger partial charge in [0.25, 0.3) is 0 Å². The molecule has 3 N–H and O–H groups in total. The highest BCUT2D eigenvalue weighted by Gasteiger charge is 2.15. The number of halogens is 1. The molecule has 0 atom stereocenters. The fourth-order valence-corrected chi connectivity index (χ4v) is 3.78. The predicted molar refractivity (Wildman–Crippen MR) is 156 cm³/mol. The Bertz CT molecular complexity index is 936. The number of nitrogens with zero attached hydrogens (tertiary/aromatic N) is 3. The molecule has 0 saturated carbocycles. The average Bonchev–Trinajstić information content (AvgIpc) is 2.88. The van der Waals surface area contributed by atoms with Gasteiger partial charge in [0.15, 0.2) is 0 Å². The lowest BCUT2D eigenvalue weighted by Gasteiger charge is -2.31. The highest BCUT2D eigenvalue weighted by molar-refractivity contribution is 5.75. The Balaban J connectivity index is 0.000000555. The number of aryl methyl sites for hydroxylation is 2. The lowest BCUT2D eigenvalue weighted by Crippen LogP contribution is -2.44. The molecule has 7 heteroatoms. The summed E-state index contributed by atoms with van der Waals surface area (Å²) in [6, 6.07) is 3.88. The summed E-state index contributed by atoms with van der Waals surface area (Å²) in [5.74, 6) is 0.0341. The minimum atomic E-state index is -0.255. The first-order chi connectivity index (χ1) is 17.7. The lowest BCUT2D eigenvalue weighted by molar-refractivity contribution is -0.117. The molecule has 3 rings (SSSR count). The number of Topliss-reactive ketones (excluding diaryl/α,β-unsaturated/α-hetero) is 1. The topological polar surface area (TPSA) is 84.1 Å². The smallest absolute Gasteiger partial charge is 0.144 e. The molecule has 1 aliphatic rings. The normalized spacial score (nSPS) is 12.8. The molecular weight excluding hydrogens is 465 g/mol. The number of hydrogen-bond donors (Lipinski definition) is 2. The van der Waals surface area contributed by atoms with Crippen LogP contribution < -0.4 is 16.0 Å². The minimum absolute atomic E-state index is 0.255. The van der Waals surface area contributed by atoms with Crippen molar-refractivity contribution in [1.82, 2.24) is 15.3 Å². The monoisotopic (exact) mass is 515 g/mol. The van der Waals surface area contributed by atoms with Crippen LogP contribution in [0.2, 0.25) is 0 Å². The maximum absolute atomic E-state index is 13.0. The second kappa shape index (κ2) is 20.3. The van der Waals surface area contributed by atoms with E-state index in [1.807, 2.05) is 33.9 Å². The van der Waals surface area contributed by atoms with Gasteiger partial charge in [-0.1, -0.05) is 41.0 Å². The van der Waals surface area contributed by atoms with Crippen LogP contribution in [0, 0.1) is 12.7 Å². The molecule has 0 aliphatic carbocycles. The van der Waals surface area contributed by atoms with Gasteiger partial charge >= 0.3 is 0 Å². The molecule has 1 saturated heterocycles. The molecule has 6 nitrogen and oxygen atoms in total. The van der Waals surface area contributed by atoms with Gasteiger partial charge in [-0.3, -0.25) is 9.97 Å². The van der Waals surface area contributed by atoms with Crippen LogP contribution >= 0.6 is 0 Å². The van der Waals surface area contributed by atoms with Crippen LogP contribution in [-0.2, 0) is 17.6 Å². The lowest BCUT2D eigenvalue weighted by atomic mass is 10.1. The van der Waals surface area contributed by atoms with E-state index in [1.54, 1.807) is 26.0 Å². The number of nitrogens with two attached hydrogens (primary N) is 1. The molecule has 0 aromatic carbocycles. The molecule has 1 aliphatic heterocycles. The highest BCUT2D eigenvalue weighted by Crippen LogP contribution is 2.24. The zero-order chi connectivity index (χ0) is 28.2. The van der Waals surface area contributed by atoms with Crippen molar-refractivity contribution >= 4 is 17.5 Å². The second-order valence-electron chi connectivity index (χ2n) is 8.78. The highest BCUT2D eigenvalue weighted by atomic mass is 19.1. The maximum atomic E-state index is 13.0. The van der Waals surface area contributed by atoms with Gasteiger partial charge in [0, 0.05) is 55.9 Å². The third-order valence-electron chi connectivity index (χ3n) is 5.52. The number of aromatic nitrogens is 2. The minimum Gasteiger partial charge on any atom is -0.402 e. The number of carbonyl (C=O) groups is 1. The van der Waals surface area contributed by atoms with Gasteiger partial charge in [-0.2, -0.15) is 0 Å². The summed E-state index contributed by atoms with van der Waals surface area (Å²) in [5, 5.41) is 3.39. The Morgan fingerprint density at radius 1 is 1.14 bits per heavy atom. The van der Waals surface area contributed by atoms with E-state index in [4.69, 9.17) is 5.73 Å². The average molecular weight is 516 g/mol. The molecule has 0 amide bonds. The van der Waals surface area contributed by atoms with E-state index < -0.39 is 0 Å². The first kappa shape index (κ1) is 34.2. The molecule has 0 bridgehead atoms. The fraction of sp³-hybridized carbons (Fsp3) is 0.567. The van der Waals surface area contributed by atoms with E-state index in [0.717, 1.165) is 45.4 Å². The van der Waals surface area contributed by atoms with Gasteiger partial charge in [-0.05, 0) is 69.4 Å². The molecule has 37 heavy (non-hydrogen) atoms. The number of carbonyl (C=O) groups excluding carboxylic acids is 1. The number of nitrogens with one attached hydrogen (secondary N) is 1. The van der Waals surface area contributed by atoms with E-state index in [2.05, 4.69) is 40.1 Å². The van der Waals surface area contributed by atoms with Gasteiger partial charge in [-0.15, -0.1) is 0 Å². The summed E-state index contributed by atoms with van der Waals surface area (Å²) in [5.41, 5.74) is 11.6. The van der Waals surface area contributed by atoms with Crippen molar-refractivity contribution in [1.29, 1.82) is 0 Å². The number of allylic oxidation sites excluding steroid dienone is 1. The standard InChI is InChI=1S/C13H21N3.C10H13FN2.C5H10O.C2H6/c1-3-4-12-11(2)15-6-5-13(12)16-9-7-14-8-10-16;1-3-8-5-9(4-7(2)12)13-6-10(8)11;1-3-4-5(2)6;1-2/h5-6,14H,3-4,7-10H2,1-2H3;4-6H,3,12H2,1-2H3;3-4H2,1-2H3;1-2H3/b;7-4-;;. The molecule has 0 spiro atoms. The number of hydrogen-bond acceptors (Lipinski definition) is 6. The summed E-state index contributed by atoms with van der Waals surface area (Å²) in [6.07, 6.45) is 9.59. The molecule has 2 aromatic heterocycles. The van der Waals surface area contributed by atoms with Crippen molar-refractivity contribution in [2.24, 2.45) is 5.73 Å². The van der Waals surface area contributed by atoms with Crippen molar-refractivity contribution in [3.8, 4) is 0 Å². The Morgan fingerprint density at radius 3 is 2.27 bits per heavy atom. The largest absolute Gasteiger partial charge is 0.402 e. The van der Waals surface area contributed by atoms with Crippen LogP contribution in [0.4, 0.5) is 10.1 Å². The van der Waals surface area contributed by atoms with Crippen LogP contribution in [0.15, 0.2) is 30.2 Å². The van der Waals surface area contributed by atoms with Crippen molar-refractivity contribution in [3.63, 3.8) is 0 Å². The van der Waals surface area contributed by atoms with Crippen LogP contribution in [-0.4, -0.2) is 41.9 Å². The van der Waals surface area contributed by atoms with E-state index >= 15 is 0 Å². The van der Waals surface area contributed by atoms with Crippen LogP contribution in [0.3, 0.4) is 0 Å². The van der Waals surface area contributed by atoms with Gasteiger partial charge in [0.05, 0.1) is 11.9 Å². The number of ketones is 1. The summed E-state index contributed by atoms with van der Waals surface area (Å²) in [6.45, 7) is 20.0. The van der Waals surface area contributed by atoms with E-state index in [9.17, 15) is 9.18 Å². The van der Waals surface area contributed by atoms with Gasteiger partial charge < -0.3 is 20.7 Å². The van der Waals surface area contributed by atoms with Crippen LogP contribution in [0.5, 0.6) is 0 Å². The Kier molecular flexibility index (Phi) is 18.7. The summed E-state index contributed by atoms with van der Waals surface area (Å²) < 4.78 is 13.0. The van der Waals surface area contributed by atoms with Gasteiger partial charge in [-0.25, -0.2) is 4.39 Å². The predicted octanol–water partition coefficient (Wildman–Crippen LogP) is 6.26. The molecule has 2 aromatic rings. The first-order valence-electron chi connectivity index (χ1n) is 13.7. The van der Waals surface area contributed by atoms with E-state index in [0.29, 0.717) is 23.4 Å². The summed E-state index contributed by atoms with van der Waals surface area (Å²) in [7, 11) is 0.